The van der Waals surface area contributed by atoms with Gasteiger partial charge in [0.05, 0.1) is 6.54 Å². The van der Waals surface area contributed by atoms with E-state index in [1.165, 1.54) is 44.9 Å². The van der Waals surface area contributed by atoms with Crippen molar-refractivity contribution in [2.24, 2.45) is 4.99 Å². The summed E-state index contributed by atoms with van der Waals surface area (Å²) >= 11 is 0. The molecule has 1 aliphatic rings. The quantitative estimate of drug-likeness (QED) is 0.332. The second-order valence-electron chi connectivity index (χ2n) is 7.32. The molecule has 1 aromatic rings. The Bertz CT molecular complexity index is 557. The molecule has 1 aromatic heterocycles. The number of ether oxygens (including phenoxy) is 1. The van der Waals surface area contributed by atoms with Gasteiger partial charge in [0, 0.05) is 32.7 Å². The second kappa shape index (κ2) is 12.7. The molecular weight excluding hydrogens is 340 g/mol. The Hall–Kier alpha value is -1.63. The number of unbranched alkanes of at least 4 members (excludes halogenated alkanes) is 6. The zero-order valence-corrected chi connectivity index (χ0v) is 17.5. The monoisotopic (exact) mass is 378 g/mol. The lowest BCUT2D eigenvalue weighted by Crippen LogP contribution is -2.47. The summed E-state index contributed by atoms with van der Waals surface area (Å²) in [5.41, 5.74) is 0. The van der Waals surface area contributed by atoms with Gasteiger partial charge in [0.2, 0.25) is 0 Å². The molecule has 1 atom stereocenters. The van der Waals surface area contributed by atoms with Crippen molar-refractivity contribution >= 4 is 5.96 Å². The van der Waals surface area contributed by atoms with Crippen LogP contribution in [0.15, 0.2) is 4.99 Å². The van der Waals surface area contributed by atoms with Crippen molar-refractivity contribution in [3.8, 4) is 0 Å². The maximum Gasteiger partial charge on any atom is 0.191 e. The number of aromatic nitrogens is 3. The lowest BCUT2D eigenvalue weighted by atomic mass is 10.1. The van der Waals surface area contributed by atoms with E-state index in [0.717, 1.165) is 50.1 Å². The van der Waals surface area contributed by atoms with E-state index in [-0.39, 0.29) is 0 Å². The highest BCUT2D eigenvalue weighted by molar-refractivity contribution is 5.80. The molecule has 0 bridgehead atoms. The molecule has 0 aromatic carbocycles. The summed E-state index contributed by atoms with van der Waals surface area (Å²) in [4.78, 5) is 9.30. The molecule has 0 amide bonds. The summed E-state index contributed by atoms with van der Waals surface area (Å²) in [5, 5.41) is 11.5. The van der Waals surface area contributed by atoms with Gasteiger partial charge in [-0.15, -0.1) is 0 Å². The van der Waals surface area contributed by atoms with Crippen LogP contribution in [0.2, 0.25) is 0 Å². The summed E-state index contributed by atoms with van der Waals surface area (Å²) in [6.45, 7) is 7.44. The molecule has 1 aliphatic heterocycles. The standard InChI is InChI=1S/C20H38N6O/c1-4-6-7-8-9-10-11-14-22-20(21-5-2)23-17-12-13-19-24-18(16-27-3)25-26(19)15-17/h17H,4-16H2,1-3H3,(H2,21,22,23). The summed E-state index contributed by atoms with van der Waals surface area (Å²) in [6, 6.07) is 0.335. The minimum Gasteiger partial charge on any atom is -0.377 e. The van der Waals surface area contributed by atoms with Crippen molar-refractivity contribution in [2.75, 3.05) is 20.2 Å². The Kier molecular flexibility index (Phi) is 10.2. The average Bonchev–Trinajstić information content (AvgIpc) is 3.06. The van der Waals surface area contributed by atoms with Crippen LogP contribution in [-0.4, -0.2) is 47.0 Å². The van der Waals surface area contributed by atoms with Crippen molar-refractivity contribution in [3.63, 3.8) is 0 Å². The Labute approximate surface area is 164 Å². The zero-order chi connectivity index (χ0) is 19.3. The summed E-state index contributed by atoms with van der Waals surface area (Å²) in [5.74, 6) is 2.76. The molecule has 2 heterocycles. The number of aryl methyl sites for hydroxylation is 1. The molecule has 1 unspecified atom stereocenters. The first-order valence-electron chi connectivity index (χ1n) is 10.7. The number of nitrogens with zero attached hydrogens (tertiary/aromatic N) is 4. The van der Waals surface area contributed by atoms with Gasteiger partial charge in [-0.3, -0.25) is 4.99 Å². The number of guanidine groups is 1. The van der Waals surface area contributed by atoms with Gasteiger partial charge in [-0.25, -0.2) is 9.67 Å². The molecule has 0 saturated heterocycles. The lowest BCUT2D eigenvalue weighted by molar-refractivity contribution is 0.177. The van der Waals surface area contributed by atoms with Gasteiger partial charge < -0.3 is 15.4 Å². The molecule has 0 saturated carbocycles. The Morgan fingerprint density at radius 3 is 2.70 bits per heavy atom. The third kappa shape index (κ3) is 7.87. The number of nitrogens with one attached hydrogen (secondary N) is 2. The van der Waals surface area contributed by atoms with Crippen LogP contribution in [-0.2, 0) is 24.3 Å². The average molecular weight is 379 g/mol. The number of fused-ring (bicyclic) bond motifs is 1. The lowest BCUT2D eigenvalue weighted by Gasteiger charge is -2.25. The van der Waals surface area contributed by atoms with E-state index >= 15 is 0 Å². The van der Waals surface area contributed by atoms with Crippen LogP contribution in [0.25, 0.3) is 0 Å². The van der Waals surface area contributed by atoms with Crippen molar-refractivity contribution in [2.45, 2.75) is 90.8 Å². The third-order valence-electron chi connectivity index (χ3n) is 4.89. The smallest absolute Gasteiger partial charge is 0.191 e. The largest absolute Gasteiger partial charge is 0.377 e. The topological polar surface area (TPSA) is 76.4 Å². The fraction of sp³-hybridized carbons (Fsp3) is 0.850. The number of aliphatic imine (C=N–C) groups is 1. The molecule has 0 aliphatic carbocycles. The third-order valence-corrected chi connectivity index (χ3v) is 4.89. The maximum absolute atomic E-state index is 5.14. The highest BCUT2D eigenvalue weighted by atomic mass is 16.5. The summed E-state index contributed by atoms with van der Waals surface area (Å²) in [6.07, 6.45) is 11.2. The van der Waals surface area contributed by atoms with Crippen LogP contribution in [0.3, 0.4) is 0 Å². The number of hydrogen-bond donors (Lipinski definition) is 2. The molecule has 7 nitrogen and oxygen atoms in total. The molecule has 27 heavy (non-hydrogen) atoms. The van der Waals surface area contributed by atoms with E-state index in [1.807, 2.05) is 4.68 Å². The first kappa shape index (κ1) is 21.7. The van der Waals surface area contributed by atoms with Gasteiger partial charge in [-0.1, -0.05) is 45.4 Å². The van der Waals surface area contributed by atoms with Gasteiger partial charge >= 0.3 is 0 Å². The van der Waals surface area contributed by atoms with Crippen LogP contribution in [0.4, 0.5) is 0 Å². The number of rotatable bonds is 12. The van der Waals surface area contributed by atoms with E-state index in [2.05, 4.69) is 34.6 Å². The first-order valence-corrected chi connectivity index (χ1v) is 10.7. The van der Waals surface area contributed by atoms with Gasteiger partial charge in [0.1, 0.15) is 12.4 Å². The van der Waals surface area contributed by atoms with E-state index in [4.69, 9.17) is 9.73 Å². The molecule has 0 spiro atoms. The van der Waals surface area contributed by atoms with E-state index < -0.39 is 0 Å². The van der Waals surface area contributed by atoms with Crippen LogP contribution in [0.5, 0.6) is 0 Å². The van der Waals surface area contributed by atoms with Crippen molar-refractivity contribution < 1.29 is 4.74 Å². The van der Waals surface area contributed by atoms with E-state index in [9.17, 15) is 0 Å². The fourth-order valence-corrected chi connectivity index (χ4v) is 3.44. The maximum atomic E-state index is 5.14. The fourth-order valence-electron chi connectivity index (χ4n) is 3.44. The highest BCUT2D eigenvalue weighted by Crippen LogP contribution is 2.13. The molecule has 154 valence electrons. The molecular formula is C20H38N6O. The highest BCUT2D eigenvalue weighted by Gasteiger charge is 2.22. The predicted octanol–water partition coefficient (Wildman–Crippen LogP) is 3.05. The number of methoxy groups -OCH3 is 1. The van der Waals surface area contributed by atoms with Gasteiger partial charge in [0.25, 0.3) is 0 Å². The molecule has 0 radical (unpaired) electrons. The van der Waals surface area contributed by atoms with Crippen LogP contribution in [0, 0.1) is 0 Å². The number of hydrogen-bond acceptors (Lipinski definition) is 4. The Balaban J connectivity index is 1.74. The zero-order valence-electron chi connectivity index (χ0n) is 17.5. The van der Waals surface area contributed by atoms with Crippen molar-refractivity contribution in [1.82, 2.24) is 25.4 Å². The molecule has 2 N–H and O–H groups in total. The second-order valence-corrected chi connectivity index (χ2v) is 7.32. The van der Waals surface area contributed by atoms with Gasteiger partial charge in [0.15, 0.2) is 11.8 Å². The molecule has 0 fully saturated rings. The Morgan fingerprint density at radius 1 is 1.19 bits per heavy atom. The van der Waals surface area contributed by atoms with Crippen LogP contribution >= 0.6 is 0 Å². The van der Waals surface area contributed by atoms with E-state index in [1.54, 1.807) is 7.11 Å². The molecule has 2 rings (SSSR count). The van der Waals surface area contributed by atoms with Crippen LogP contribution < -0.4 is 10.6 Å². The molecule has 7 heteroatoms. The van der Waals surface area contributed by atoms with Crippen molar-refractivity contribution in [3.05, 3.63) is 11.6 Å². The first-order chi connectivity index (χ1) is 13.3. The minimum atomic E-state index is 0.335. The predicted molar refractivity (Wildman–Crippen MR) is 110 cm³/mol. The SMILES string of the molecule is CCCCCCCCCN=C(NCC)NC1CCc2nc(COC)nn2C1. The van der Waals surface area contributed by atoms with Crippen LogP contribution in [0.1, 0.15) is 76.9 Å². The Morgan fingerprint density at radius 2 is 1.96 bits per heavy atom. The normalized spacial score (nSPS) is 17.0. The summed E-state index contributed by atoms with van der Waals surface area (Å²) < 4.78 is 7.15. The van der Waals surface area contributed by atoms with E-state index in [0.29, 0.717) is 12.6 Å². The van der Waals surface area contributed by atoms with Gasteiger partial charge in [-0.2, -0.15) is 5.10 Å². The summed E-state index contributed by atoms with van der Waals surface area (Å²) in [7, 11) is 1.68. The van der Waals surface area contributed by atoms with Crippen molar-refractivity contribution in [1.29, 1.82) is 0 Å². The minimum absolute atomic E-state index is 0.335. The van der Waals surface area contributed by atoms with Gasteiger partial charge in [-0.05, 0) is 19.8 Å².